The van der Waals surface area contributed by atoms with E-state index in [-0.39, 0.29) is 0 Å². The summed E-state index contributed by atoms with van der Waals surface area (Å²) in [7, 11) is 2.04. The van der Waals surface area contributed by atoms with E-state index in [4.69, 9.17) is 9.47 Å². The Morgan fingerprint density at radius 1 is 1.16 bits per heavy atom. The lowest BCUT2D eigenvalue weighted by molar-refractivity contribution is 0.228. The van der Waals surface area contributed by atoms with E-state index in [1.165, 1.54) is 12.0 Å². The molecule has 2 aliphatic rings. The Labute approximate surface area is 115 Å². The van der Waals surface area contributed by atoms with Gasteiger partial charge in [0, 0.05) is 12.0 Å². The second-order valence-corrected chi connectivity index (χ2v) is 6.08. The van der Waals surface area contributed by atoms with Crippen LogP contribution in [0.3, 0.4) is 0 Å². The number of ether oxygens (including phenoxy) is 2. The van der Waals surface area contributed by atoms with Crippen molar-refractivity contribution in [2.75, 3.05) is 20.3 Å². The molecule has 0 aromatic heterocycles. The molecular formula is C16H23NO2. The molecule has 0 radical (unpaired) electrons. The number of benzene rings is 1. The third-order valence-electron chi connectivity index (χ3n) is 4.28. The molecule has 4 unspecified atom stereocenters. The van der Waals surface area contributed by atoms with Crippen LogP contribution >= 0.6 is 0 Å². The monoisotopic (exact) mass is 261 g/mol. The van der Waals surface area contributed by atoms with Crippen LogP contribution in [0.5, 0.6) is 11.5 Å². The molecule has 1 heterocycles. The molecule has 1 fully saturated rings. The zero-order valence-electron chi connectivity index (χ0n) is 12.0. The summed E-state index contributed by atoms with van der Waals surface area (Å²) in [6.45, 7) is 5.94. The fourth-order valence-corrected chi connectivity index (χ4v) is 2.91. The first-order chi connectivity index (χ1) is 9.19. The highest BCUT2D eigenvalue weighted by Gasteiger charge is 2.39. The fraction of sp³-hybridized carbons (Fsp3) is 0.625. The van der Waals surface area contributed by atoms with E-state index in [0.29, 0.717) is 12.0 Å². The summed E-state index contributed by atoms with van der Waals surface area (Å²) in [6.07, 6.45) is 1.32. The van der Waals surface area contributed by atoms with Gasteiger partial charge in [-0.05, 0) is 43.0 Å². The largest absolute Gasteiger partial charge is 0.489 e. The molecule has 19 heavy (non-hydrogen) atoms. The van der Waals surface area contributed by atoms with Crippen molar-refractivity contribution >= 4 is 0 Å². The van der Waals surface area contributed by atoms with Crippen LogP contribution in [0.1, 0.15) is 31.9 Å². The van der Waals surface area contributed by atoms with Gasteiger partial charge in [-0.2, -0.15) is 0 Å². The quantitative estimate of drug-likeness (QED) is 0.907. The van der Waals surface area contributed by atoms with E-state index in [0.717, 1.165) is 36.5 Å². The van der Waals surface area contributed by atoms with Gasteiger partial charge < -0.3 is 14.8 Å². The highest BCUT2D eigenvalue weighted by atomic mass is 16.5. The summed E-state index contributed by atoms with van der Waals surface area (Å²) in [6, 6.07) is 6.81. The Kier molecular flexibility index (Phi) is 3.40. The third kappa shape index (κ3) is 2.57. The molecular weight excluding hydrogens is 238 g/mol. The van der Waals surface area contributed by atoms with Gasteiger partial charge in [-0.25, -0.2) is 0 Å². The molecule has 0 amide bonds. The zero-order chi connectivity index (χ0) is 13.4. The SMILES string of the molecule is CNC(c1ccc2c(c1)OCC(C)CO2)C1CC1C. The van der Waals surface area contributed by atoms with Crippen LogP contribution in [0.2, 0.25) is 0 Å². The third-order valence-corrected chi connectivity index (χ3v) is 4.28. The van der Waals surface area contributed by atoms with E-state index in [1.807, 2.05) is 7.05 Å². The minimum absolute atomic E-state index is 0.435. The van der Waals surface area contributed by atoms with Crippen LogP contribution in [-0.2, 0) is 0 Å². The van der Waals surface area contributed by atoms with Gasteiger partial charge in [0.15, 0.2) is 11.5 Å². The average molecular weight is 261 g/mol. The second kappa shape index (κ2) is 5.04. The van der Waals surface area contributed by atoms with Crippen molar-refractivity contribution in [3.63, 3.8) is 0 Å². The summed E-state index contributed by atoms with van der Waals surface area (Å²) in [5.41, 5.74) is 1.31. The number of nitrogens with one attached hydrogen (secondary N) is 1. The lowest BCUT2D eigenvalue weighted by atomic mass is 10.0. The Morgan fingerprint density at radius 3 is 2.47 bits per heavy atom. The van der Waals surface area contributed by atoms with Crippen molar-refractivity contribution < 1.29 is 9.47 Å². The minimum Gasteiger partial charge on any atom is -0.489 e. The number of hydrogen-bond donors (Lipinski definition) is 1. The van der Waals surface area contributed by atoms with E-state index >= 15 is 0 Å². The Balaban J connectivity index is 1.84. The van der Waals surface area contributed by atoms with Crippen LogP contribution in [-0.4, -0.2) is 20.3 Å². The maximum absolute atomic E-state index is 5.87. The van der Waals surface area contributed by atoms with Crippen molar-refractivity contribution in [2.45, 2.75) is 26.3 Å². The van der Waals surface area contributed by atoms with Gasteiger partial charge in [0.25, 0.3) is 0 Å². The molecule has 1 aliphatic carbocycles. The Morgan fingerprint density at radius 2 is 1.84 bits per heavy atom. The first kappa shape index (κ1) is 12.8. The van der Waals surface area contributed by atoms with Crippen LogP contribution < -0.4 is 14.8 Å². The van der Waals surface area contributed by atoms with Crippen LogP contribution in [0.15, 0.2) is 18.2 Å². The molecule has 3 heteroatoms. The Bertz CT molecular complexity index is 460. The number of hydrogen-bond acceptors (Lipinski definition) is 3. The average Bonchev–Trinajstić information content (AvgIpc) is 3.15. The normalized spacial score (nSPS) is 30.6. The zero-order valence-corrected chi connectivity index (χ0v) is 12.0. The maximum Gasteiger partial charge on any atom is 0.161 e. The fourth-order valence-electron chi connectivity index (χ4n) is 2.91. The molecule has 3 rings (SSSR count). The molecule has 0 bridgehead atoms. The van der Waals surface area contributed by atoms with Crippen molar-refractivity contribution in [2.24, 2.45) is 17.8 Å². The van der Waals surface area contributed by atoms with Crippen molar-refractivity contribution in [1.82, 2.24) is 5.32 Å². The summed E-state index contributed by atoms with van der Waals surface area (Å²) < 4.78 is 11.7. The van der Waals surface area contributed by atoms with Gasteiger partial charge in [-0.3, -0.25) is 0 Å². The topological polar surface area (TPSA) is 30.5 Å². The van der Waals surface area contributed by atoms with Crippen LogP contribution in [0.25, 0.3) is 0 Å². The summed E-state index contributed by atoms with van der Waals surface area (Å²) in [5, 5.41) is 3.45. The minimum atomic E-state index is 0.435. The second-order valence-electron chi connectivity index (χ2n) is 6.08. The number of fused-ring (bicyclic) bond motifs is 1. The maximum atomic E-state index is 5.87. The molecule has 4 atom stereocenters. The predicted octanol–water partition coefficient (Wildman–Crippen LogP) is 3.01. The van der Waals surface area contributed by atoms with Gasteiger partial charge in [0.2, 0.25) is 0 Å². The molecule has 1 aliphatic heterocycles. The van der Waals surface area contributed by atoms with Crippen LogP contribution in [0, 0.1) is 17.8 Å². The summed E-state index contributed by atoms with van der Waals surface area (Å²) >= 11 is 0. The van der Waals surface area contributed by atoms with Crippen molar-refractivity contribution in [3.05, 3.63) is 23.8 Å². The molecule has 0 saturated heterocycles. The van der Waals surface area contributed by atoms with Crippen molar-refractivity contribution in [3.8, 4) is 11.5 Å². The van der Waals surface area contributed by atoms with E-state index in [1.54, 1.807) is 0 Å². The van der Waals surface area contributed by atoms with Gasteiger partial charge in [0.1, 0.15) is 0 Å². The summed E-state index contributed by atoms with van der Waals surface area (Å²) in [5.74, 6) is 3.81. The van der Waals surface area contributed by atoms with E-state index in [2.05, 4.69) is 37.4 Å². The molecule has 0 spiro atoms. The van der Waals surface area contributed by atoms with E-state index < -0.39 is 0 Å². The highest BCUT2D eigenvalue weighted by Crippen LogP contribution is 2.47. The molecule has 104 valence electrons. The standard InChI is InChI=1S/C16H23NO2/c1-10-8-18-14-5-4-12(7-15(14)19-9-10)16(17-3)13-6-11(13)2/h4-5,7,10-11,13,16-17H,6,8-9H2,1-3H3. The first-order valence-corrected chi connectivity index (χ1v) is 7.26. The molecule has 1 aromatic carbocycles. The van der Waals surface area contributed by atoms with Crippen molar-refractivity contribution in [1.29, 1.82) is 0 Å². The first-order valence-electron chi connectivity index (χ1n) is 7.26. The Hall–Kier alpha value is -1.22. The predicted molar refractivity (Wildman–Crippen MR) is 75.7 cm³/mol. The van der Waals surface area contributed by atoms with Gasteiger partial charge in [-0.15, -0.1) is 0 Å². The molecule has 1 N–H and O–H groups in total. The van der Waals surface area contributed by atoms with E-state index in [9.17, 15) is 0 Å². The lowest BCUT2D eigenvalue weighted by Crippen LogP contribution is -2.19. The summed E-state index contributed by atoms with van der Waals surface area (Å²) in [4.78, 5) is 0. The van der Waals surface area contributed by atoms with Gasteiger partial charge >= 0.3 is 0 Å². The lowest BCUT2D eigenvalue weighted by Gasteiger charge is -2.18. The van der Waals surface area contributed by atoms with Gasteiger partial charge in [-0.1, -0.05) is 19.9 Å². The highest BCUT2D eigenvalue weighted by molar-refractivity contribution is 5.44. The smallest absolute Gasteiger partial charge is 0.161 e. The molecule has 1 saturated carbocycles. The van der Waals surface area contributed by atoms with Gasteiger partial charge in [0.05, 0.1) is 13.2 Å². The van der Waals surface area contributed by atoms with Crippen LogP contribution in [0.4, 0.5) is 0 Å². The molecule has 3 nitrogen and oxygen atoms in total. The molecule has 1 aromatic rings. The number of rotatable bonds is 3.